The number of Topliss-reactive ketones (excluding diaryl/α,β-unsaturated/α-hetero) is 1. The molecule has 0 fully saturated rings. The van der Waals surface area contributed by atoms with Crippen LogP contribution in [-0.2, 0) is 26.5 Å². The Kier molecular flexibility index (Phi) is 18.5. The van der Waals surface area contributed by atoms with E-state index in [2.05, 4.69) is 112 Å². The van der Waals surface area contributed by atoms with Gasteiger partial charge in [-0.25, -0.2) is 9.69 Å². The lowest BCUT2D eigenvalue weighted by atomic mass is 9.92. The molecule has 0 unspecified atom stereocenters. The van der Waals surface area contributed by atoms with Gasteiger partial charge in [0.1, 0.15) is 0 Å². The second-order valence-electron chi connectivity index (χ2n) is 20.7. The first-order valence-corrected chi connectivity index (χ1v) is 29.0. The van der Waals surface area contributed by atoms with Crippen molar-refractivity contribution >= 4 is 39.7 Å². The van der Waals surface area contributed by atoms with E-state index in [1.165, 1.54) is 0 Å². The lowest BCUT2D eigenvalue weighted by Gasteiger charge is -2.40. The Morgan fingerprint density at radius 2 is 1.17 bits per heavy atom. The van der Waals surface area contributed by atoms with Crippen LogP contribution in [0.25, 0.3) is 21.1 Å². The zero-order valence-electron chi connectivity index (χ0n) is 42.7. The number of hydrogen-bond acceptors (Lipinski definition) is 9. The normalized spacial score (nSPS) is 13.5. The summed E-state index contributed by atoms with van der Waals surface area (Å²) < 4.78 is 19.5. The number of rotatable bonds is 16. The fraction of sp³-hybridized carbons (Fsp3) is 0.418. The van der Waals surface area contributed by atoms with Gasteiger partial charge in [0.2, 0.25) is 17.7 Å². The first kappa shape index (κ1) is 55.1. The molecule has 12 nitrogen and oxygen atoms in total. The number of ketones is 1. The minimum Gasteiger partial charge on any atom is -0.420 e. The van der Waals surface area contributed by atoms with Gasteiger partial charge >= 0.3 is 0 Å². The predicted molar refractivity (Wildman–Crippen MR) is 277 cm³/mol. The quantitative estimate of drug-likeness (QED) is 0.0577. The number of nitriles is 2. The molecule has 5 aromatic rings. The van der Waals surface area contributed by atoms with E-state index >= 15 is 0 Å². The summed E-state index contributed by atoms with van der Waals surface area (Å²) in [6.45, 7) is 44.2. The highest BCUT2D eigenvalue weighted by Gasteiger charge is 2.42. The number of amides is 1. The number of carbonyl (C=O) groups excluding carboxylic acids is 2. The Hall–Kier alpha value is -6.53. The van der Waals surface area contributed by atoms with Gasteiger partial charge in [0.15, 0.2) is 33.8 Å². The number of aryl methyl sites for hydroxylation is 2. The number of benzene rings is 4. The summed E-state index contributed by atoms with van der Waals surface area (Å²) in [4.78, 5) is 33.1. The molecule has 0 saturated heterocycles. The number of aromatic nitrogens is 2. The van der Waals surface area contributed by atoms with Gasteiger partial charge in [-0.3, -0.25) is 9.59 Å². The molecule has 0 aliphatic carbocycles. The largest absolute Gasteiger partial charge is 0.420 e. The highest BCUT2D eigenvalue weighted by molar-refractivity contribution is 6.74. The van der Waals surface area contributed by atoms with Crippen LogP contribution in [0.3, 0.4) is 0 Å². The monoisotopic (exact) mass is 961 g/mol. The van der Waals surface area contributed by atoms with Crippen LogP contribution in [0.5, 0.6) is 0 Å². The first-order chi connectivity index (χ1) is 32.2. The minimum atomic E-state index is -2.14. The molecule has 0 radical (unpaired) electrons. The van der Waals surface area contributed by atoms with E-state index in [1.54, 1.807) is 42.5 Å². The fourth-order valence-corrected chi connectivity index (χ4v) is 10.0. The van der Waals surface area contributed by atoms with Gasteiger partial charge in [0.05, 0.1) is 67.0 Å². The lowest BCUT2D eigenvalue weighted by molar-refractivity contribution is -0.127. The molecule has 5 rings (SSSR count). The highest BCUT2D eigenvalue weighted by Crippen LogP contribution is 2.41. The van der Waals surface area contributed by atoms with Crippen LogP contribution in [0.15, 0.2) is 89.3 Å². The number of hydrogen-bond donors (Lipinski definition) is 1. The van der Waals surface area contributed by atoms with Crippen molar-refractivity contribution in [3.63, 3.8) is 0 Å². The van der Waals surface area contributed by atoms with Crippen LogP contribution in [-0.4, -0.2) is 57.3 Å². The SMILES string of the molecule is [C-]#[N+]c1ccc(C[C@@H](C(=O)NCC(=O)c2ccc(C#N)cc2)[C@@H](C)O[Si](C)(C)C(C)(C)C)cc1C.[C-]#[N+]c1ccc(C[C@@H](c2nnc(-c3ccc(C#N)cc3)o2)[C@@H](C)O[Si](C)(C)C(C)(C)C)cc1C. The molecule has 4 atom stereocenters. The van der Waals surface area contributed by atoms with Crippen LogP contribution >= 0.6 is 0 Å². The van der Waals surface area contributed by atoms with Gasteiger partial charge in [0, 0.05) is 11.1 Å². The molecule has 0 saturated carbocycles. The standard InChI is InChI=1S/C28H35N3O3Si.C27H32N4O2Si/c1-19-15-22(11-14-25(19)30-6)16-24(20(2)34-35(7,8)28(3,4)5)27(33)31-18-26(32)23-12-9-21(17-29)10-13-23;1-18-15-21(11-14-24(18)29-6)16-23(19(2)33-34(7,8)27(3,4)5)26-31-30-25(32-26)22-12-9-20(17-28)10-13-22/h9-15,20,24H,16,18H2,1-5,7-8H3,(H,31,33);9-15,19,23H,16H2,1-5,7-8H3/t20-,24-;19-,23-/m11/s1. The van der Waals surface area contributed by atoms with E-state index in [9.17, 15) is 9.59 Å². The van der Waals surface area contributed by atoms with Crippen molar-refractivity contribution in [2.24, 2.45) is 5.92 Å². The van der Waals surface area contributed by atoms with Gasteiger partial charge in [0.25, 0.3) is 0 Å². The molecular weight excluding hydrogens is 895 g/mol. The number of nitrogens with zero attached hydrogens (tertiary/aromatic N) is 6. The molecule has 69 heavy (non-hydrogen) atoms. The van der Waals surface area contributed by atoms with Crippen LogP contribution < -0.4 is 5.32 Å². The van der Waals surface area contributed by atoms with E-state index in [0.717, 1.165) is 27.8 Å². The molecule has 14 heteroatoms. The topological polar surface area (TPSA) is 160 Å². The van der Waals surface area contributed by atoms with Gasteiger partial charge in [-0.1, -0.05) is 90.1 Å². The Balaban J connectivity index is 0.000000301. The van der Waals surface area contributed by atoms with Crippen LogP contribution in [0.4, 0.5) is 11.4 Å². The maximum absolute atomic E-state index is 13.3. The summed E-state index contributed by atoms with van der Waals surface area (Å²) in [6, 6.07) is 29.1. The van der Waals surface area contributed by atoms with Crippen molar-refractivity contribution in [2.75, 3.05) is 6.54 Å². The van der Waals surface area contributed by atoms with Crippen molar-refractivity contribution in [2.45, 2.75) is 136 Å². The third kappa shape index (κ3) is 14.7. The Bertz CT molecular complexity index is 2760. The maximum atomic E-state index is 13.3. The Labute approximate surface area is 412 Å². The summed E-state index contributed by atoms with van der Waals surface area (Å²) in [5, 5.41) is 29.6. The van der Waals surface area contributed by atoms with Crippen LogP contribution in [0.1, 0.15) is 111 Å². The Morgan fingerprint density at radius 3 is 1.62 bits per heavy atom. The van der Waals surface area contributed by atoms with E-state index in [1.807, 2.05) is 63.2 Å². The summed E-state index contributed by atoms with van der Waals surface area (Å²) in [6.07, 6.45) is 0.591. The van der Waals surface area contributed by atoms with Crippen molar-refractivity contribution in [3.05, 3.63) is 153 Å². The summed E-state index contributed by atoms with van der Waals surface area (Å²) in [5.41, 5.74) is 7.37. The average Bonchev–Trinajstić information content (AvgIpc) is 3.78. The van der Waals surface area contributed by atoms with Crippen molar-refractivity contribution in [3.8, 4) is 23.6 Å². The molecule has 1 aromatic heterocycles. The number of nitrogens with one attached hydrogen (secondary N) is 1. The maximum Gasteiger partial charge on any atom is 0.247 e. The third-order valence-electron chi connectivity index (χ3n) is 13.5. The van der Waals surface area contributed by atoms with E-state index in [0.29, 0.717) is 52.7 Å². The minimum absolute atomic E-state index is 0.0122. The molecule has 1 N–H and O–H groups in total. The Morgan fingerprint density at radius 1 is 0.710 bits per heavy atom. The summed E-state index contributed by atoms with van der Waals surface area (Å²) in [7, 11) is -4.17. The second-order valence-corrected chi connectivity index (χ2v) is 30.2. The molecule has 0 aliphatic heterocycles. The molecule has 0 bridgehead atoms. The van der Waals surface area contributed by atoms with E-state index < -0.39 is 22.6 Å². The number of carbonyl (C=O) groups is 2. The third-order valence-corrected chi connectivity index (χ3v) is 22.6. The fourth-order valence-electron chi connectivity index (χ4n) is 7.14. The summed E-state index contributed by atoms with van der Waals surface area (Å²) in [5.74, 6) is -0.175. The molecule has 0 aliphatic rings. The van der Waals surface area contributed by atoms with Crippen molar-refractivity contribution in [1.82, 2.24) is 15.5 Å². The van der Waals surface area contributed by atoms with Gasteiger partial charge in [-0.2, -0.15) is 10.5 Å². The predicted octanol–water partition coefficient (Wildman–Crippen LogP) is 13.2. The zero-order chi connectivity index (χ0) is 51.5. The molecule has 1 heterocycles. The molecule has 1 amide bonds. The molecule has 360 valence electrons. The van der Waals surface area contributed by atoms with Gasteiger partial charge < -0.3 is 18.6 Å². The van der Waals surface area contributed by atoms with Crippen molar-refractivity contribution in [1.29, 1.82) is 10.5 Å². The lowest BCUT2D eigenvalue weighted by Crippen LogP contribution is -2.48. The second kappa shape index (κ2) is 23.2. The molecular formula is C55H67N7O5Si2. The summed E-state index contributed by atoms with van der Waals surface area (Å²) >= 11 is 0. The highest BCUT2D eigenvalue weighted by atomic mass is 28.4. The molecule has 0 spiro atoms. The van der Waals surface area contributed by atoms with Crippen LogP contribution in [0, 0.1) is 55.6 Å². The zero-order valence-corrected chi connectivity index (χ0v) is 44.7. The molecule has 4 aromatic carbocycles. The van der Waals surface area contributed by atoms with E-state index in [4.69, 9.17) is 36.9 Å². The smallest absolute Gasteiger partial charge is 0.247 e. The van der Waals surface area contributed by atoms with Crippen LogP contribution in [0.2, 0.25) is 36.3 Å². The first-order valence-electron chi connectivity index (χ1n) is 23.2. The van der Waals surface area contributed by atoms with E-state index in [-0.39, 0.29) is 46.4 Å². The average molecular weight is 962 g/mol. The van der Waals surface area contributed by atoms with Crippen molar-refractivity contribution < 1.29 is 22.9 Å². The van der Waals surface area contributed by atoms with Gasteiger partial charge in [-0.05, 0) is 135 Å². The van der Waals surface area contributed by atoms with Gasteiger partial charge in [-0.15, -0.1) is 10.2 Å².